The van der Waals surface area contributed by atoms with Gasteiger partial charge in [-0.1, -0.05) is 6.07 Å². The summed E-state index contributed by atoms with van der Waals surface area (Å²) in [6, 6.07) is 7.77. The number of ether oxygens (including phenoxy) is 1. The summed E-state index contributed by atoms with van der Waals surface area (Å²) in [5.41, 5.74) is 3.59. The fraction of sp³-hybridized carbons (Fsp3) is 0.316. The van der Waals surface area contributed by atoms with Crippen LogP contribution >= 0.6 is 0 Å². The van der Waals surface area contributed by atoms with Crippen molar-refractivity contribution in [2.75, 3.05) is 13.2 Å². The summed E-state index contributed by atoms with van der Waals surface area (Å²) >= 11 is 0. The summed E-state index contributed by atoms with van der Waals surface area (Å²) in [5, 5.41) is 2.82. The number of hydrogen-bond donors (Lipinski definition) is 1. The maximum atomic E-state index is 11.6. The van der Waals surface area contributed by atoms with Crippen molar-refractivity contribution in [3.05, 3.63) is 59.1 Å². The highest BCUT2D eigenvalue weighted by molar-refractivity contribution is 5.91. The van der Waals surface area contributed by atoms with Crippen LogP contribution in [-0.4, -0.2) is 19.1 Å². The van der Waals surface area contributed by atoms with E-state index in [2.05, 4.69) is 32.2 Å². The average molecular weight is 313 g/mol. The minimum absolute atomic E-state index is 0.135. The van der Waals surface area contributed by atoms with Crippen molar-refractivity contribution < 1.29 is 13.9 Å². The molecular formula is C19H23NO3. The molecule has 1 heterocycles. The molecule has 122 valence electrons. The molecule has 23 heavy (non-hydrogen) atoms. The number of carbonyl (C=O) groups excluding carboxylic acids is 1. The van der Waals surface area contributed by atoms with Gasteiger partial charge in [-0.3, -0.25) is 4.79 Å². The van der Waals surface area contributed by atoms with E-state index in [1.54, 1.807) is 24.5 Å². The summed E-state index contributed by atoms with van der Waals surface area (Å²) in [6.07, 6.45) is 5.44. The second-order valence-electron chi connectivity index (χ2n) is 5.55. The lowest BCUT2D eigenvalue weighted by molar-refractivity contribution is -0.116. The molecule has 1 aromatic heterocycles. The Morgan fingerprint density at radius 2 is 2.13 bits per heavy atom. The molecule has 0 radical (unpaired) electrons. The Morgan fingerprint density at radius 3 is 2.87 bits per heavy atom. The van der Waals surface area contributed by atoms with Gasteiger partial charge in [0.2, 0.25) is 5.91 Å². The predicted molar refractivity (Wildman–Crippen MR) is 91.5 cm³/mol. The number of hydrogen-bond acceptors (Lipinski definition) is 3. The zero-order valence-electron chi connectivity index (χ0n) is 13.9. The normalized spacial score (nSPS) is 10.9. The van der Waals surface area contributed by atoms with E-state index in [4.69, 9.17) is 9.15 Å². The largest absolute Gasteiger partial charge is 0.493 e. The molecule has 1 amide bonds. The first-order valence-electron chi connectivity index (χ1n) is 7.76. The molecule has 0 fully saturated rings. The van der Waals surface area contributed by atoms with Crippen molar-refractivity contribution >= 4 is 12.0 Å². The zero-order valence-corrected chi connectivity index (χ0v) is 13.9. The summed E-state index contributed by atoms with van der Waals surface area (Å²) < 4.78 is 10.9. The average Bonchev–Trinajstić information content (AvgIpc) is 3.03. The Hall–Kier alpha value is -2.49. The van der Waals surface area contributed by atoms with Crippen LogP contribution < -0.4 is 10.1 Å². The summed E-state index contributed by atoms with van der Waals surface area (Å²) in [6.45, 7) is 7.36. The van der Waals surface area contributed by atoms with Gasteiger partial charge in [0.25, 0.3) is 0 Å². The molecule has 0 saturated heterocycles. The van der Waals surface area contributed by atoms with Crippen LogP contribution in [0.1, 0.15) is 28.9 Å². The second-order valence-corrected chi connectivity index (χ2v) is 5.55. The minimum atomic E-state index is -0.135. The van der Waals surface area contributed by atoms with E-state index in [9.17, 15) is 4.79 Å². The molecule has 0 aliphatic rings. The summed E-state index contributed by atoms with van der Waals surface area (Å²) in [7, 11) is 0. The van der Waals surface area contributed by atoms with E-state index >= 15 is 0 Å². The van der Waals surface area contributed by atoms with Crippen LogP contribution in [0.3, 0.4) is 0 Å². The fourth-order valence-corrected chi connectivity index (χ4v) is 2.22. The quantitative estimate of drug-likeness (QED) is 0.625. The number of rotatable bonds is 7. The van der Waals surface area contributed by atoms with E-state index in [1.165, 1.54) is 22.8 Å². The van der Waals surface area contributed by atoms with Crippen LogP contribution in [0.25, 0.3) is 6.08 Å². The van der Waals surface area contributed by atoms with E-state index in [0.717, 1.165) is 12.2 Å². The van der Waals surface area contributed by atoms with Gasteiger partial charge < -0.3 is 14.5 Å². The molecule has 0 bridgehead atoms. The van der Waals surface area contributed by atoms with Crippen molar-refractivity contribution in [2.24, 2.45) is 0 Å². The van der Waals surface area contributed by atoms with Gasteiger partial charge in [0.05, 0.1) is 12.9 Å². The first-order valence-corrected chi connectivity index (χ1v) is 7.76. The van der Waals surface area contributed by atoms with Gasteiger partial charge in [0.1, 0.15) is 11.5 Å². The van der Waals surface area contributed by atoms with Crippen molar-refractivity contribution in [1.82, 2.24) is 5.32 Å². The molecule has 2 aromatic rings. The second kappa shape index (κ2) is 8.22. The highest BCUT2D eigenvalue weighted by atomic mass is 16.5. The molecule has 4 nitrogen and oxygen atoms in total. The SMILES string of the molecule is Cc1cc(C)c(C)c(OCCCNC(=O)/C=C/c2ccco2)c1. The molecule has 1 aromatic carbocycles. The number of furan rings is 1. The lowest BCUT2D eigenvalue weighted by Crippen LogP contribution is -2.23. The van der Waals surface area contributed by atoms with Crippen molar-refractivity contribution in [3.8, 4) is 5.75 Å². The first kappa shape index (κ1) is 16.9. The number of nitrogens with one attached hydrogen (secondary N) is 1. The van der Waals surface area contributed by atoms with Crippen LogP contribution in [0.15, 0.2) is 41.0 Å². The lowest BCUT2D eigenvalue weighted by atomic mass is 10.1. The Labute approximate surface area is 137 Å². The van der Waals surface area contributed by atoms with Gasteiger partial charge in [-0.25, -0.2) is 0 Å². The predicted octanol–water partition coefficient (Wildman–Crippen LogP) is 3.80. The molecule has 4 heteroatoms. The monoisotopic (exact) mass is 313 g/mol. The van der Waals surface area contributed by atoms with Crippen LogP contribution in [0.5, 0.6) is 5.75 Å². The molecule has 0 aliphatic carbocycles. The Balaban J connectivity index is 1.69. The lowest BCUT2D eigenvalue weighted by Gasteiger charge is -2.12. The van der Waals surface area contributed by atoms with Crippen LogP contribution in [0, 0.1) is 20.8 Å². The highest BCUT2D eigenvalue weighted by Crippen LogP contribution is 2.23. The Morgan fingerprint density at radius 1 is 1.30 bits per heavy atom. The summed E-state index contributed by atoms with van der Waals surface area (Å²) in [4.78, 5) is 11.6. The standard InChI is InChI=1S/C19H23NO3/c1-14-12-15(2)16(3)18(13-14)23-11-5-9-20-19(21)8-7-17-6-4-10-22-17/h4,6-8,10,12-13H,5,9,11H2,1-3H3,(H,20,21)/b8-7+. The third-order valence-electron chi connectivity index (χ3n) is 3.58. The van der Waals surface area contributed by atoms with Crippen molar-refractivity contribution in [1.29, 1.82) is 0 Å². The Kier molecular flexibility index (Phi) is 6.03. The first-order chi connectivity index (χ1) is 11.1. The molecule has 0 aliphatic heterocycles. The minimum Gasteiger partial charge on any atom is -0.493 e. The third kappa shape index (κ3) is 5.33. The molecule has 0 unspecified atom stereocenters. The molecule has 0 saturated carbocycles. The topological polar surface area (TPSA) is 51.5 Å². The Bertz CT molecular complexity index is 672. The van der Waals surface area contributed by atoms with Crippen LogP contribution in [-0.2, 0) is 4.79 Å². The highest BCUT2D eigenvalue weighted by Gasteiger charge is 2.04. The smallest absolute Gasteiger partial charge is 0.244 e. The number of amides is 1. The van der Waals surface area contributed by atoms with E-state index in [0.29, 0.717) is 18.9 Å². The maximum Gasteiger partial charge on any atom is 0.244 e. The fourth-order valence-electron chi connectivity index (χ4n) is 2.22. The molecular weight excluding hydrogens is 290 g/mol. The van der Waals surface area contributed by atoms with Crippen LogP contribution in [0.2, 0.25) is 0 Å². The van der Waals surface area contributed by atoms with Gasteiger partial charge in [-0.2, -0.15) is 0 Å². The van der Waals surface area contributed by atoms with Gasteiger partial charge in [0, 0.05) is 12.6 Å². The van der Waals surface area contributed by atoms with Gasteiger partial charge >= 0.3 is 0 Å². The number of aryl methyl sites for hydroxylation is 2. The van der Waals surface area contributed by atoms with Crippen LogP contribution in [0.4, 0.5) is 0 Å². The van der Waals surface area contributed by atoms with E-state index in [-0.39, 0.29) is 5.91 Å². The maximum absolute atomic E-state index is 11.6. The van der Waals surface area contributed by atoms with E-state index in [1.807, 2.05) is 6.07 Å². The van der Waals surface area contributed by atoms with E-state index < -0.39 is 0 Å². The zero-order chi connectivity index (χ0) is 16.7. The number of benzene rings is 1. The van der Waals surface area contributed by atoms with Gasteiger partial charge in [-0.05, 0) is 68.2 Å². The molecule has 0 atom stereocenters. The summed E-state index contributed by atoms with van der Waals surface area (Å²) in [5.74, 6) is 1.45. The molecule has 0 spiro atoms. The number of carbonyl (C=O) groups is 1. The third-order valence-corrected chi connectivity index (χ3v) is 3.58. The van der Waals surface area contributed by atoms with Gasteiger partial charge in [-0.15, -0.1) is 0 Å². The van der Waals surface area contributed by atoms with Gasteiger partial charge in [0.15, 0.2) is 0 Å². The van der Waals surface area contributed by atoms with Crippen molar-refractivity contribution in [3.63, 3.8) is 0 Å². The molecule has 2 rings (SSSR count). The van der Waals surface area contributed by atoms with Crippen molar-refractivity contribution in [2.45, 2.75) is 27.2 Å². The molecule has 1 N–H and O–H groups in total.